The van der Waals surface area contributed by atoms with E-state index >= 15 is 0 Å². The SMILES string of the molecule is COc1ccc(S(=O)(=O)N[C@H](C)CO)cc1[N+](=O)[O-]. The van der Waals surface area contributed by atoms with Gasteiger partial charge < -0.3 is 9.84 Å². The van der Waals surface area contributed by atoms with Crippen LogP contribution in [-0.2, 0) is 10.0 Å². The van der Waals surface area contributed by atoms with Crippen molar-refractivity contribution in [3.63, 3.8) is 0 Å². The number of hydrogen-bond donors (Lipinski definition) is 2. The van der Waals surface area contributed by atoms with E-state index in [-0.39, 0.29) is 17.3 Å². The van der Waals surface area contributed by atoms with Crippen LogP contribution in [0.3, 0.4) is 0 Å². The molecule has 0 aromatic heterocycles. The first-order valence-corrected chi connectivity index (χ1v) is 6.75. The van der Waals surface area contributed by atoms with E-state index in [1.165, 1.54) is 26.2 Å². The summed E-state index contributed by atoms with van der Waals surface area (Å²) in [4.78, 5) is 9.82. The Balaban J connectivity index is 3.22. The Bertz CT molecular complexity index is 571. The molecule has 0 amide bonds. The van der Waals surface area contributed by atoms with Gasteiger partial charge in [-0.25, -0.2) is 13.1 Å². The van der Waals surface area contributed by atoms with Crippen LogP contribution in [0.15, 0.2) is 23.1 Å². The van der Waals surface area contributed by atoms with Gasteiger partial charge in [-0.3, -0.25) is 10.1 Å². The zero-order valence-electron chi connectivity index (χ0n) is 10.4. The van der Waals surface area contributed by atoms with Gasteiger partial charge in [0.25, 0.3) is 0 Å². The lowest BCUT2D eigenvalue weighted by atomic mass is 10.3. The maximum atomic E-state index is 11.9. The lowest BCUT2D eigenvalue weighted by molar-refractivity contribution is -0.386. The highest BCUT2D eigenvalue weighted by molar-refractivity contribution is 7.89. The molecule has 0 unspecified atom stereocenters. The number of benzene rings is 1. The molecule has 0 aliphatic rings. The minimum atomic E-state index is -3.92. The van der Waals surface area contributed by atoms with E-state index in [9.17, 15) is 18.5 Å². The van der Waals surface area contributed by atoms with Crippen molar-refractivity contribution in [3.8, 4) is 5.75 Å². The molecular formula is C10H14N2O6S. The smallest absolute Gasteiger partial charge is 0.312 e. The third kappa shape index (κ3) is 3.63. The standard InChI is InChI=1S/C10H14N2O6S/c1-7(6-13)11-19(16,17)8-3-4-10(18-2)9(5-8)12(14)15/h3-5,7,11,13H,6H2,1-2H3/t7-/m1/s1. The summed E-state index contributed by atoms with van der Waals surface area (Å²) in [5, 5.41) is 19.6. The largest absolute Gasteiger partial charge is 0.490 e. The highest BCUT2D eigenvalue weighted by atomic mass is 32.2. The van der Waals surface area contributed by atoms with Crippen molar-refractivity contribution in [2.24, 2.45) is 0 Å². The third-order valence-corrected chi connectivity index (χ3v) is 3.87. The summed E-state index contributed by atoms with van der Waals surface area (Å²) in [5.41, 5.74) is -0.443. The van der Waals surface area contributed by atoms with Crippen molar-refractivity contribution in [1.82, 2.24) is 4.72 Å². The number of methoxy groups -OCH3 is 1. The molecule has 0 aliphatic carbocycles. The van der Waals surface area contributed by atoms with Crippen molar-refractivity contribution in [2.45, 2.75) is 17.9 Å². The number of aliphatic hydroxyl groups is 1. The van der Waals surface area contributed by atoms with Crippen LogP contribution < -0.4 is 9.46 Å². The zero-order valence-corrected chi connectivity index (χ0v) is 11.2. The molecule has 19 heavy (non-hydrogen) atoms. The number of nitro benzene ring substituents is 1. The van der Waals surface area contributed by atoms with E-state index in [0.29, 0.717) is 0 Å². The van der Waals surface area contributed by atoms with Crippen LogP contribution in [0.25, 0.3) is 0 Å². The number of aliphatic hydroxyl groups excluding tert-OH is 1. The molecule has 1 aromatic carbocycles. The van der Waals surface area contributed by atoms with E-state index in [0.717, 1.165) is 6.07 Å². The summed E-state index contributed by atoms with van der Waals surface area (Å²) in [6, 6.07) is 2.62. The van der Waals surface area contributed by atoms with Gasteiger partial charge in [0.1, 0.15) is 0 Å². The predicted octanol–water partition coefficient (Wildman–Crippen LogP) is 0.262. The summed E-state index contributed by atoms with van der Waals surface area (Å²) < 4.78 is 30.7. The number of hydrogen-bond acceptors (Lipinski definition) is 6. The van der Waals surface area contributed by atoms with Crippen LogP contribution in [0.4, 0.5) is 5.69 Å². The number of nitro groups is 1. The van der Waals surface area contributed by atoms with E-state index < -0.39 is 26.7 Å². The molecule has 9 heteroatoms. The molecule has 0 aliphatic heterocycles. The molecule has 106 valence electrons. The van der Waals surface area contributed by atoms with Crippen LogP contribution in [0, 0.1) is 10.1 Å². The Morgan fingerprint density at radius 3 is 2.63 bits per heavy atom. The fourth-order valence-corrected chi connectivity index (χ4v) is 2.60. The predicted molar refractivity (Wildman–Crippen MR) is 66.5 cm³/mol. The minimum Gasteiger partial charge on any atom is -0.490 e. The van der Waals surface area contributed by atoms with Gasteiger partial charge in [0, 0.05) is 12.1 Å². The topological polar surface area (TPSA) is 119 Å². The number of ether oxygens (including phenoxy) is 1. The van der Waals surface area contributed by atoms with Gasteiger partial charge in [-0.15, -0.1) is 0 Å². The molecular weight excluding hydrogens is 276 g/mol. The van der Waals surface area contributed by atoms with Crippen LogP contribution in [0.5, 0.6) is 5.75 Å². The van der Waals surface area contributed by atoms with Crippen LogP contribution in [0.1, 0.15) is 6.92 Å². The van der Waals surface area contributed by atoms with Gasteiger partial charge in [0.15, 0.2) is 5.75 Å². The Kier molecular flexibility index (Phi) is 4.81. The zero-order chi connectivity index (χ0) is 14.6. The molecule has 0 bridgehead atoms. The van der Waals surface area contributed by atoms with Gasteiger partial charge in [0.2, 0.25) is 10.0 Å². The minimum absolute atomic E-state index is 0.0286. The Morgan fingerprint density at radius 2 is 2.16 bits per heavy atom. The Labute approximate surface area is 110 Å². The molecule has 0 radical (unpaired) electrons. The molecule has 1 aromatic rings. The summed E-state index contributed by atoms with van der Waals surface area (Å²) in [6.45, 7) is 1.09. The average molecular weight is 290 g/mol. The van der Waals surface area contributed by atoms with Crippen molar-refractivity contribution < 1.29 is 23.2 Å². The molecule has 0 spiro atoms. The fourth-order valence-electron chi connectivity index (χ4n) is 1.35. The summed E-state index contributed by atoms with van der Waals surface area (Å²) >= 11 is 0. The third-order valence-electron chi connectivity index (χ3n) is 2.29. The first-order chi connectivity index (χ1) is 8.81. The van der Waals surface area contributed by atoms with Gasteiger partial charge in [0.05, 0.1) is 23.5 Å². The van der Waals surface area contributed by atoms with E-state index in [1.54, 1.807) is 0 Å². The Morgan fingerprint density at radius 1 is 1.53 bits per heavy atom. The molecule has 1 rings (SSSR count). The second-order valence-corrected chi connectivity index (χ2v) is 5.51. The van der Waals surface area contributed by atoms with Gasteiger partial charge in [-0.05, 0) is 19.1 Å². The monoisotopic (exact) mass is 290 g/mol. The van der Waals surface area contributed by atoms with Crippen molar-refractivity contribution in [2.75, 3.05) is 13.7 Å². The van der Waals surface area contributed by atoms with Crippen LogP contribution in [-0.4, -0.2) is 38.2 Å². The normalized spacial score (nSPS) is 13.0. The maximum Gasteiger partial charge on any atom is 0.312 e. The molecule has 0 heterocycles. The molecule has 0 fully saturated rings. The van der Waals surface area contributed by atoms with Crippen molar-refractivity contribution in [3.05, 3.63) is 28.3 Å². The van der Waals surface area contributed by atoms with Gasteiger partial charge >= 0.3 is 5.69 Å². The second kappa shape index (κ2) is 5.95. The number of rotatable bonds is 6. The van der Waals surface area contributed by atoms with E-state index in [4.69, 9.17) is 9.84 Å². The molecule has 8 nitrogen and oxygen atoms in total. The van der Waals surface area contributed by atoms with Crippen molar-refractivity contribution >= 4 is 15.7 Å². The number of nitrogens with one attached hydrogen (secondary N) is 1. The van der Waals surface area contributed by atoms with Crippen molar-refractivity contribution in [1.29, 1.82) is 0 Å². The fraction of sp³-hybridized carbons (Fsp3) is 0.400. The quantitative estimate of drug-likeness (QED) is 0.573. The first-order valence-electron chi connectivity index (χ1n) is 5.27. The van der Waals surface area contributed by atoms with Gasteiger partial charge in [-0.1, -0.05) is 0 Å². The molecule has 1 atom stereocenters. The highest BCUT2D eigenvalue weighted by Crippen LogP contribution is 2.29. The summed E-state index contributed by atoms with van der Waals surface area (Å²) in [6.07, 6.45) is 0. The molecule has 2 N–H and O–H groups in total. The summed E-state index contributed by atoms with van der Waals surface area (Å²) in [5.74, 6) is -0.0286. The second-order valence-electron chi connectivity index (χ2n) is 3.80. The number of nitrogens with zero attached hydrogens (tertiary/aromatic N) is 1. The Hall–Kier alpha value is -1.71. The molecule has 0 saturated carbocycles. The van der Waals surface area contributed by atoms with Gasteiger partial charge in [-0.2, -0.15) is 0 Å². The number of sulfonamides is 1. The highest BCUT2D eigenvalue weighted by Gasteiger charge is 2.23. The lowest BCUT2D eigenvalue weighted by Gasteiger charge is -2.11. The average Bonchev–Trinajstić information content (AvgIpc) is 2.37. The maximum absolute atomic E-state index is 11.9. The summed E-state index contributed by atoms with van der Waals surface area (Å²) in [7, 11) is -2.67. The van der Waals surface area contributed by atoms with E-state index in [2.05, 4.69) is 4.72 Å². The molecule has 0 saturated heterocycles. The first kappa shape index (κ1) is 15.3. The van der Waals surface area contributed by atoms with Crippen LogP contribution in [0.2, 0.25) is 0 Å². The lowest BCUT2D eigenvalue weighted by Crippen LogP contribution is -2.35. The van der Waals surface area contributed by atoms with E-state index in [1.807, 2.05) is 0 Å². The van der Waals surface area contributed by atoms with Crippen LogP contribution >= 0.6 is 0 Å².